The first-order chi connectivity index (χ1) is 9.21. The molecule has 0 bridgehead atoms. The monoisotopic (exact) mass is 265 g/mol. The Balaban J connectivity index is 2.68. The zero-order valence-corrected chi connectivity index (χ0v) is 12.3. The highest BCUT2D eigenvalue weighted by Crippen LogP contribution is 2.03. The molecule has 0 saturated carbocycles. The summed E-state index contributed by atoms with van der Waals surface area (Å²) in [5, 5.41) is 0. The molecule has 4 nitrogen and oxygen atoms in total. The van der Waals surface area contributed by atoms with Gasteiger partial charge in [0, 0.05) is 0 Å². The van der Waals surface area contributed by atoms with Crippen molar-refractivity contribution >= 4 is 5.97 Å². The summed E-state index contributed by atoms with van der Waals surface area (Å²) in [4.78, 5) is 11.7. The second-order valence-corrected chi connectivity index (χ2v) is 4.69. The van der Waals surface area contributed by atoms with E-state index in [4.69, 9.17) is 4.74 Å². The number of carbonyl (C=O) groups is 1. The highest BCUT2D eigenvalue weighted by atomic mass is 16.5. The Labute approximate surface area is 115 Å². The van der Waals surface area contributed by atoms with Crippen LogP contribution in [0.25, 0.3) is 0 Å². The largest absolute Gasteiger partial charge is 0.466 e. The summed E-state index contributed by atoms with van der Waals surface area (Å²) >= 11 is 0. The Morgan fingerprint density at radius 3 is 2.79 bits per heavy atom. The third-order valence-corrected chi connectivity index (χ3v) is 3.00. The lowest BCUT2D eigenvalue weighted by Gasteiger charge is -2.02. The number of esters is 1. The van der Waals surface area contributed by atoms with Crippen LogP contribution in [-0.4, -0.2) is 17.6 Å². The molecule has 0 aromatic carbocycles. The number of aromatic nitrogens is 2. The number of methoxy groups -OCH3 is 1. The first-order valence-corrected chi connectivity index (χ1v) is 7.03. The van der Waals surface area contributed by atoms with Crippen molar-refractivity contribution < 1.29 is 14.1 Å². The molecule has 0 aliphatic carbocycles. The molecule has 0 radical (unpaired) electrons. The van der Waals surface area contributed by atoms with E-state index in [1.54, 1.807) is 0 Å². The summed E-state index contributed by atoms with van der Waals surface area (Å²) < 4.78 is 9.00. The van der Waals surface area contributed by atoms with E-state index < -0.39 is 0 Å². The van der Waals surface area contributed by atoms with Gasteiger partial charge in [-0.1, -0.05) is 32.8 Å². The summed E-state index contributed by atoms with van der Waals surface area (Å²) in [5.74, 6) is -0.234. The molecule has 0 spiro atoms. The molecular formula is C15H25N2O2+. The standard InChI is InChI=1S/C15H25N2O2/c1-4-6-8-14(15(18)19-3)12-17-11-10-16(13-17)9-7-5-2/h8,10-11,13H,4-7,9,12H2,1-3H3/q+1/b14-8+. The topological polar surface area (TPSA) is 35.1 Å². The second kappa shape index (κ2) is 8.51. The van der Waals surface area contributed by atoms with E-state index in [2.05, 4.69) is 18.4 Å². The van der Waals surface area contributed by atoms with Crippen molar-refractivity contribution in [1.29, 1.82) is 0 Å². The fourth-order valence-electron chi connectivity index (χ4n) is 1.86. The van der Waals surface area contributed by atoms with Gasteiger partial charge in [-0.05, 0) is 12.8 Å². The van der Waals surface area contributed by atoms with E-state index in [0.717, 1.165) is 25.0 Å². The molecule has 1 aromatic rings. The summed E-state index contributed by atoms with van der Waals surface area (Å²) in [7, 11) is 1.43. The van der Waals surface area contributed by atoms with Gasteiger partial charge in [-0.25, -0.2) is 13.9 Å². The quantitative estimate of drug-likeness (QED) is 0.411. The van der Waals surface area contributed by atoms with Gasteiger partial charge in [0.05, 0.1) is 19.2 Å². The summed E-state index contributed by atoms with van der Waals surface area (Å²) in [6.45, 7) is 5.88. The fourth-order valence-corrected chi connectivity index (χ4v) is 1.86. The molecule has 0 aliphatic rings. The molecule has 1 rings (SSSR count). The zero-order chi connectivity index (χ0) is 14.1. The highest BCUT2D eigenvalue weighted by molar-refractivity contribution is 5.87. The van der Waals surface area contributed by atoms with E-state index in [9.17, 15) is 4.79 Å². The van der Waals surface area contributed by atoms with Crippen LogP contribution in [0.1, 0.15) is 39.5 Å². The van der Waals surface area contributed by atoms with E-state index in [0.29, 0.717) is 6.54 Å². The Hall–Kier alpha value is -1.58. The molecule has 106 valence electrons. The number of carbonyl (C=O) groups excluding carboxylic acids is 1. The number of imidazole rings is 1. The number of hydrogen-bond acceptors (Lipinski definition) is 2. The maximum Gasteiger partial charge on any atom is 0.337 e. The number of aryl methyl sites for hydroxylation is 1. The Kier molecular flexibility index (Phi) is 6.93. The first-order valence-electron chi connectivity index (χ1n) is 7.03. The number of allylic oxidation sites excluding steroid dienone is 1. The minimum atomic E-state index is -0.234. The molecule has 1 heterocycles. The molecule has 4 heteroatoms. The number of nitrogens with zero attached hydrogens (tertiary/aromatic N) is 2. The summed E-state index contributed by atoms with van der Waals surface area (Å²) in [6, 6.07) is 0. The van der Waals surface area contributed by atoms with Crippen LogP contribution >= 0.6 is 0 Å². The lowest BCUT2D eigenvalue weighted by atomic mass is 10.2. The predicted octanol–water partition coefficient (Wildman–Crippen LogP) is 2.48. The van der Waals surface area contributed by atoms with Crippen LogP contribution in [0.3, 0.4) is 0 Å². The Bertz CT molecular complexity index is 422. The van der Waals surface area contributed by atoms with E-state index in [-0.39, 0.29) is 5.97 Å². The third-order valence-electron chi connectivity index (χ3n) is 3.00. The molecule has 0 saturated heterocycles. The second-order valence-electron chi connectivity index (χ2n) is 4.69. The minimum absolute atomic E-state index is 0.234. The van der Waals surface area contributed by atoms with Gasteiger partial charge in [0.15, 0.2) is 0 Å². The maximum absolute atomic E-state index is 11.7. The van der Waals surface area contributed by atoms with Crippen molar-refractivity contribution in [2.75, 3.05) is 7.11 Å². The third kappa shape index (κ3) is 5.28. The molecule has 0 N–H and O–H groups in total. The van der Waals surface area contributed by atoms with Crippen molar-refractivity contribution in [3.8, 4) is 0 Å². The first kappa shape index (κ1) is 15.5. The van der Waals surface area contributed by atoms with Crippen LogP contribution in [0.5, 0.6) is 0 Å². The molecule has 19 heavy (non-hydrogen) atoms. The van der Waals surface area contributed by atoms with Crippen molar-refractivity contribution in [1.82, 2.24) is 4.57 Å². The summed E-state index contributed by atoms with van der Waals surface area (Å²) in [6.07, 6.45) is 12.3. The van der Waals surface area contributed by atoms with Gasteiger partial charge < -0.3 is 4.74 Å². The fraction of sp³-hybridized carbons (Fsp3) is 0.600. The zero-order valence-electron chi connectivity index (χ0n) is 12.3. The predicted molar refractivity (Wildman–Crippen MR) is 74.5 cm³/mol. The molecule has 0 atom stereocenters. The average molecular weight is 265 g/mol. The van der Waals surface area contributed by atoms with Crippen LogP contribution in [0.4, 0.5) is 0 Å². The molecule has 0 amide bonds. The van der Waals surface area contributed by atoms with Gasteiger partial charge in [-0.3, -0.25) is 0 Å². The SMILES string of the molecule is CCC/C=C(\C[n+]1ccn(CCCC)c1)C(=O)OC. The van der Waals surface area contributed by atoms with Crippen molar-refractivity contribution in [3.63, 3.8) is 0 Å². The van der Waals surface area contributed by atoms with Gasteiger partial charge >= 0.3 is 5.97 Å². The molecule has 1 aromatic heterocycles. The molecule has 0 fully saturated rings. The van der Waals surface area contributed by atoms with Crippen LogP contribution in [0.2, 0.25) is 0 Å². The van der Waals surface area contributed by atoms with Gasteiger partial charge in [0.2, 0.25) is 6.33 Å². The van der Waals surface area contributed by atoms with Gasteiger partial charge in [0.1, 0.15) is 18.9 Å². The van der Waals surface area contributed by atoms with Gasteiger partial charge in [0.25, 0.3) is 0 Å². The van der Waals surface area contributed by atoms with E-state index >= 15 is 0 Å². The maximum atomic E-state index is 11.7. The lowest BCUT2D eigenvalue weighted by molar-refractivity contribution is -0.687. The van der Waals surface area contributed by atoms with Crippen LogP contribution in [0.15, 0.2) is 30.4 Å². The van der Waals surface area contributed by atoms with Gasteiger partial charge in [-0.15, -0.1) is 0 Å². The minimum Gasteiger partial charge on any atom is -0.466 e. The van der Waals surface area contributed by atoms with Crippen LogP contribution < -0.4 is 4.57 Å². The van der Waals surface area contributed by atoms with Crippen molar-refractivity contribution in [2.24, 2.45) is 0 Å². The number of unbranched alkanes of at least 4 members (excludes halogenated alkanes) is 2. The Morgan fingerprint density at radius 2 is 2.16 bits per heavy atom. The van der Waals surface area contributed by atoms with Crippen molar-refractivity contribution in [2.45, 2.75) is 52.6 Å². The molecule has 0 aliphatic heterocycles. The number of ether oxygens (including phenoxy) is 1. The molecule has 0 unspecified atom stereocenters. The number of hydrogen-bond donors (Lipinski definition) is 0. The van der Waals surface area contributed by atoms with Crippen LogP contribution in [-0.2, 0) is 22.6 Å². The average Bonchev–Trinajstić information content (AvgIpc) is 2.87. The van der Waals surface area contributed by atoms with Crippen molar-refractivity contribution in [3.05, 3.63) is 30.4 Å². The number of rotatable bonds is 8. The molecular weight excluding hydrogens is 240 g/mol. The van der Waals surface area contributed by atoms with Crippen LogP contribution in [0, 0.1) is 0 Å². The summed E-state index contributed by atoms with van der Waals surface area (Å²) in [5.41, 5.74) is 0.725. The van der Waals surface area contributed by atoms with E-state index in [1.807, 2.05) is 29.4 Å². The lowest BCUT2D eigenvalue weighted by Crippen LogP contribution is -2.34. The Morgan fingerprint density at radius 1 is 1.37 bits per heavy atom. The smallest absolute Gasteiger partial charge is 0.337 e. The van der Waals surface area contributed by atoms with E-state index in [1.165, 1.54) is 20.0 Å². The highest BCUT2D eigenvalue weighted by Gasteiger charge is 2.13. The normalized spacial score (nSPS) is 11.6. The van der Waals surface area contributed by atoms with Gasteiger partial charge in [-0.2, -0.15) is 0 Å².